The Labute approximate surface area is 128 Å². The number of methoxy groups -OCH3 is 1. The third-order valence-corrected chi connectivity index (χ3v) is 2.91. The SMILES string of the molecule is COCc1ccc(CNC(=O)C(=O)Nc2cccnc2)cc1. The molecule has 0 spiro atoms. The summed E-state index contributed by atoms with van der Waals surface area (Å²) in [6, 6.07) is 10.9. The average molecular weight is 299 g/mol. The number of nitrogens with one attached hydrogen (secondary N) is 2. The van der Waals surface area contributed by atoms with Crippen molar-refractivity contribution < 1.29 is 14.3 Å². The Morgan fingerprint density at radius 2 is 1.82 bits per heavy atom. The molecule has 1 aromatic heterocycles. The van der Waals surface area contributed by atoms with Gasteiger partial charge in [0.05, 0.1) is 18.5 Å². The molecular formula is C16H17N3O3. The van der Waals surface area contributed by atoms with Crippen molar-refractivity contribution in [3.05, 3.63) is 59.9 Å². The first-order valence-electron chi connectivity index (χ1n) is 6.75. The van der Waals surface area contributed by atoms with E-state index in [-0.39, 0.29) is 6.54 Å². The molecule has 0 radical (unpaired) electrons. The Kier molecular flexibility index (Phi) is 5.62. The summed E-state index contributed by atoms with van der Waals surface area (Å²) in [7, 11) is 1.63. The van der Waals surface area contributed by atoms with Crippen LogP contribution in [0, 0.1) is 0 Å². The number of rotatable bonds is 5. The fourth-order valence-corrected chi connectivity index (χ4v) is 1.81. The fraction of sp³-hybridized carbons (Fsp3) is 0.188. The van der Waals surface area contributed by atoms with Crippen LogP contribution in [0.2, 0.25) is 0 Å². The summed E-state index contributed by atoms with van der Waals surface area (Å²) in [6.45, 7) is 0.826. The molecule has 2 rings (SSSR count). The quantitative estimate of drug-likeness (QED) is 0.820. The van der Waals surface area contributed by atoms with E-state index in [4.69, 9.17) is 4.74 Å². The molecule has 0 saturated carbocycles. The first kappa shape index (κ1) is 15.7. The van der Waals surface area contributed by atoms with Gasteiger partial charge in [0.2, 0.25) is 0 Å². The van der Waals surface area contributed by atoms with Crippen molar-refractivity contribution in [2.45, 2.75) is 13.2 Å². The highest BCUT2D eigenvalue weighted by Gasteiger charge is 2.13. The van der Waals surface area contributed by atoms with Crippen molar-refractivity contribution in [2.24, 2.45) is 0 Å². The Morgan fingerprint density at radius 1 is 1.09 bits per heavy atom. The molecule has 0 saturated heterocycles. The minimum atomic E-state index is -0.719. The van der Waals surface area contributed by atoms with E-state index >= 15 is 0 Å². The number of carbonyl (C=O) groups excluding carboxylic acids is 2. The minimum Gasteiger partial charge on any atom is -0.380 e. The van der Waals surface area contributed by atoms with E-state index in [0.717, 1.165) is 11.1 Å². The summed E-state index contributed by atoms with van der Waals surface area (Å²) in [4.78, 5) is 27.3. The van der Waals surface area contributed by atoms with Crippen LogP contribution >= 0.6 is 0 Å². The van der Waals surface area contributed by atoms with Crippen LogP contribution < -0.4 is 10.6 Å². The summed E-state index contributed by atoms with van der Waals surface area (Å²) in [5, 5.41) is 5.04. The summed E-state index contributed by atoms with van der Waals surface area (Å²) in [5.41, 5.74) is 2.43. The molecule has 114 valence electrons. The van der Waals surface area contributed by atoms with Crippen molar-refractivity contribution >= 4 is 17.5 Å². The number of nitrogens with zero attached hydrogens (tertiary/aromatic N) is 1. The van der Waals surface area contributed by atoms with Crippen molar-refractivity contribution in [2.75, 3.05) is 12.4 Å². The van der Waals surface area contributed by atoms with E-state index < -0.39 is 11.8 Å². The molecule has 0 unspecified atom stereocenters. The maximum atomic E-state index is 11.7. The molecule has 0 fully saturated rings. The number of benzene rings is 1. The number of anilines is 1. The predicted octanol–water partition coefficient (Wildman–Crippen LogP) is 1.48. The second-order valence-electron chi connectivity index (χ2n) is 4.63. The zero-order valence-electron chi connectivity index (χ0n) is 12.2. The maximum Gasteiger partial charge on any atom is 0.313 e. The zero-order valence-corrected chi connectivity index (χ0v) is 12.2. The van der Waals surface area contributed by atoms with Crippen molar-refractivity contribution in [3.8, 4) is 0 Å². The van der Waals surface area contributed by atoms with Gasteiger partial charge < -0.3 is 15.4 Å². The Balaban J connectivity index is 1.83. The maximum absolute atomic E-state index is 11.7. The first-order chi connectivity index (χ1) is 10.7. The molecule has 22 heavy (non-hydrogen) atoms. The summed E-state index contributed by atoms with van der Waals surface area (Å²) < 4.78 is 5.03. The van der Waals surface area contributed by atoms with Crippen LogP contribution in [0.3, 0.4) is 0 Å². The molecule has 2 aromatic rings. The highest BCUT2D eigenvalue weighted by atomic mass is 16.5. The van der Waals surface area contributed by atoms with Gasteiger partial charge in [0, 0.05) is 19.9 Å². The van der Waals surface area contributed by atoms with E-state index in [1.165, 1.54) is 6.20 Å². The Bertz CT molecular complexity index is 627. The molecule has 1 aromatic carbocycles. The van der Waals surface area contributed by atoms with Crippen molar-refractivity contribution in [1.82, 2.24) is 10.3 Å². The van der Waals surface area contributed by atoms with Crippen LogP contribution in [0.4, 0.5) is 5.69 Å². The molecule has 0 bridgehead atoms. The van der Waals surface area contributed by atoms with Crippen LogP contribution in [-0.2, 0) is 27.5 Å². The summed E-state index contributed by atoms with van der Waals surface area (Å²) in [5.74, 6) is -1.41. The zero-order chi connectivity index (χ0) is 15.8. The lowest BCUT2D eigenvalue weighted by Gasteiger charge is -2.07. The van der Waals surface area contributed by atoms with E-state index in [1.807, 2.05) is 24.3 Å². The second kappa shape index (κ2) is 7.90. The van der Waals surface area contributed by atoms with Gasteiger partial charge in [0.15, 0.2) is 0 Å². The smallest absolute Gasteiger partial charge is 0.313 e. The largest absolute Gasteiger partial charge is 0.380 e. The second-order valence-corrected chi connectivity index (χ2v) is 4.63. The fourth-order valence-electron chi connectivity index (χ4n) is 1.81. The third-order valence-electron chi connectivity index (χ3n) is 2.91. The minimum absolute atomic E-state index is 0.284. The molecule has 2 N–H and O–H groups in total. The average Bonchev–Trinajstić information content (AvgIpc) is 2.55. The molecule has 0 aliphatic rings. The lowest BCUT2D eigenvalue weighted by Crippen LogP contribution is -2.34. The Morgan fingerprint density at radius 3 is 2.45 bits per heavy atom. The van der Waals surface area contributed by atoms with Gasteiger partial charge in [-0.25, -0.2) is 0 Å². The first-order valence-corrected chi connectivity index (χ1v) is 6.75. The van der Waals surface area contributed by atoms with Gasteiger partial charge in [-0.1, -0.05) is 24.3 Å². The van der Waals surface area contributed by atoms with E-state index in [1.54, 1.807) is 25.4 Å². The van der Waals surface area contributed by atoms with Crippen molar-refractivity contribution in [1.29, 1.82) is 0 Å². The summed E-state index contributed by atoms with van der Waals surface area (Å²) in [6.07, 6.45) is 3.06. The van der Waals surface area contributed by atoms with Gasteiger partial charge in [-0.3, -0.25) is 14.6 Å². The van der Waals surface area contributed by atoms with E-state index in [0.29, 0.717) is 12.3 Å². The van der Waals surface area contributed by atoms with Crippen LogP contribution in [0.15, 0.2) is 48.8 Å². The molecule has 0 aliphatic heterocycles. The number of pyridine rings is 1. The summed E-state index contributed by atoms with van der Waals surface area (Å²) >= 11 is 0. The number of aromatic nitrogens is 1. The van der Waals surface area contributed by atoms with Crippen LogP contribution in [0.25, 0.3) is 0 Å². The number of ether oxygens (including phenoxy) is 1. The lowest BCUT2D eigenvalue weighted by atomic mass is 10.1. The van der Waals surface area contributed by atoms with Gasteiger partial charge in [-0.2, -0.15) is 0 Å². The molecule has 6 heteroatoms. The number of hydrogen-bond acceptors (Lipinski definition) is 4. The lowest BCUT2D eigenvalue weighted by molar-refractivity contribution is -0.136. The molecule has 0 atom stereocenters. The number of amides is 2. The third kappa shape index (κ3) is 4.68. The highest BCUT2D eigenvalue weighted by molar-refractivity contribution is 6.39. The van der Waals surface area contributed by atoms with Gasteiger partial charge in [-0.05, 0) is 23.3 Å². The van der Waals surface area contributed by atoms with Gasteiger partial charge in [0.1, 0.15) is 0 Å². The van der Waals surface area contributed by atoms with E-state index in [9.17, 15) is 9.59 Å². The topological polar surface area (TPSA) is 80.3 Å². The monoisotopic (exact) mass is 299 g/mol. The molecule has 6 nitrogen and oxygen atoms in total. The molecular weight excluding hydrogens is 282 g/mol. The molecule has 1 heterocycles. The van der Waals surface area contributed by atoms with Gasteiger partial charge in [-0.15, -0.1) is 0 Å². The van der Waals surface area contributed by atoms with E-state index in [2.05, 4.69) is 15.6 Å². The van der Waals surface area contributed by atoms with Crippen LogP contribution in [-0.4, -0.2) is 23.9 Å². The molecule has 2 amide bonds. The van der Waals surface area contributed by atoms with Crippen LogP contribution in [0.5, 0.6) is 0 Å². The molecule has 0 aliphatic carbocycles. The number of carbonyl (C=O) groups is 2. The van der Waals surface area contributed by atoms with Crippen LogP contribution in [0.1, 0.15) is 11.1 Å². The van der Waals surface area contributed by atoms with Gasteiger partial charge in [0.25, 0.3) is 0 Å². The van der Waals surface area contributed by atoms with Gasteiger partial charge >= 0.3 is 11.8 Å². The van der Waals surface area contributed by atoms with Crippen molar-refractivity contribution in [3.63, 3.8) is 0 Å². The predicted molar refractivity (Wildman–Crippen MR) is 81.9 cm³/mol. The Hall–Kier alpha value is -2.73. The standard InChI is InChI=1S/C16H17N3O3/c1-22-11-13-6-4-12(5-7-13)9-18-15(20)16(21)19-14-3-2-8-17-10-14/h2-8,10H,9,11H2,1H3,(H,18,20)(H,19,21). The highest BCUT2D eigenvalue weighted by Crippen LogP contribution is 2.05. The number of hydrogen-bond donors (Lipinski definition) is 2. The normalized spacial score (nSPS) is 10.0.